The molecule has 1 unspecified atom stereocenters. The maximum Gasteiger partial charge on any atom is 0.336 e. The molecule has 244 valence electrons. The molecule has 1 aromatic heterocycles. The topological polar surface area (TPSA) is 141 Å². The number of hydrogen-bond acceptors (Lipinski definition) is 10. The van der Waals surface area contributed by atoms with Gasteiger partial charge in [0, 0.05) is 25.0 Å². The molecule has 1 aliphatic rings. The van der Waals surface area contributed by atoms with Gasteiger partial charge in [-0.25, -0.2) is 9.36 Å². The Kier molecular flexibility index (Phi) is 12.5. The van der Waals surface area contributed by atoms with Crippen LogP contribution in [0.25, 0.3) is 0 Å². The van der Waals surface area contributed by atoms with Crippen molar-refractivity contribution in [1.29, 1.82) is 0 Å². The molecule has 0 amide bonds. The molecule has 2 rings (SSSR count). The smallest absolute Gasteiger partial charge is 0.336 e. The van der Waals surface area contributed by atoms with Crippen LogP contribution < -0.4 is 11.2 Å². The third-order valence-electron chi connectivity index (χ3n) is 7.15. The van der Waals surface area contributed by atoms with Crippen molar-refractivity contribution in [2.45, 2.75) is 126 Å². The summed E-state index contributed by atoms with van der Waals surface area (Å²) in [5.74, 6) is -1.63. The molecule has 12 nitrogen and oxygen atoms in total. The highest BCUT2D eigenvalue weighted by Crippen LogP contribution is 2.42. The molecule has 1 fully saturated rings. The molecule has 1 aliphatic heterocycles. The van der Waals surface area contributed by atoms with Gasteiger partial charge in [-0.15, -0.1) is 0 Å². The summed E-state index contributed by atoms with van der Waals surface area (Å²) in [4.78, 5) is 65.9. The molecule has 4 atom stereocenters. The van der Waals surface area contributed by atoms with Crippen LogP contribution in [0.5, 0.6) is 0 Å². The maximum atomic E-state index is 13.8. The summed E-state index contributed by atoms with van der Waals surface area (Å²) in [6.45, 7) is 16.6. The third-order valence-corrected chi connectivity index (χ3v) is 7.15. The lowest BCUT2D eigenvalue weighted by atomic mass is 9.91. The number of carbonyl (C=O) groups excluding carboxylic acids is 3. The molecule has 0 saturated carbocycles. The molecule has 0 N–H and O–H groups in total. The van der Waals surface area contributed by atoms with E-state index in [0.717, 1.165) is 28.4 Å². The highest BCUT2D eigenvalue weighted by molar-refractivity contribution is 5.87. The van der Waals surface area contributed by atoms with Gasteiger partial charge in [-0.1, -0.05) is 26.7 Å². The summed E-state index contributed by atoms with van der Waals surface area (Å²) >= 11 is 0. The largest absolute Gasteiger partial charge is 0.454 e. The number of rotatable bonds is 14. The number of esters is 2. The van der Waals surface area contributed by atoms with Crippen molar-refractivity contribution in [3.8, 4) is 0 Å². The number of unbranched alkanes of at least 4 members (excludes halogenated alkanes) is 2. The van der Waals surface area contributed by atoms with Crippen molar-refractivity contribution < 1.29 is 38.1 Å². The quantitative estimate of drug-likeness (QED) is 0.226. The summed E-state index contributed by atoms with van der Waals surface area (Å²) in [5, 5.41) is 0. The minimum atomic E-state index is -1.72. The monoisotopic (exact) mass is 610 g/mol. The van der Waals surface area contributed by atoms with Gasteiger partial charge in [-0.3, -0.25) is 23.7 Å². The van der Waals surface area contributed by atoms with Gasteiger partial charge < -0.3 is 23.7 Å². The van der Waals surface area contributed by atoms with Crippen LogP contribution in [-0.2, 0) is 44.8 Å². The van der Waals surface area contributed by atoms with E-state index in [1.807, 2.05) is 13.8 Å². The third kappa shape index (κ3) is 8.63. The fourth-order valence-electron chi connectivity index (χ4n) is 4.35. The highest BCUT2D eigenvalue weighted by Gasteiger charge is 2.62. The van der Waals surface area contributed by atoms with Gasteiger partial charge in [0.05, 0.1) is 17.4 Å². The average Bonchev–Trinajstić information content (AvgIpc) is 3.21. The Labute approximate surface area is 254 Å². The zero-order valence-electron chi connectivity index (χ0n) is 27.4. The molecular formula is C31H50N2O10. The van der Waals surface area contributed by atoms with E-state index in [0.29, 0.717) is 13.0 Å². The number of hydrogen-bond donors (Lipinski definition) is 0. The van der Waals surface area contributed by atoms with Gasteiger partial charge in [-0.05, 0) is 68.2 Å². The van der Waals surface area contributed by atoms with Gasteiger partial charge in [0.15, 0.2) is 30.4 Å². The first-order valence-corrected chi connectivity index (χ1v) is 15.0. The number of Topliss-reactive ketones (excluding diaryl/α,β-unsaturated/α-hetero) is 1. The molecule has 1 aromatic rings. The number of carbonyl (C=O) groups is 3. The predicted molar refractivity (Wildman–Crippen MR) is 158 cm³/mol. The van der Waals surface area contributed by atoms with E-state index < -0.39 is 70.6 Å². The summed E-state index contributed by atoms with van der Waals surface area (Å²) in [5.41, 5.74) is -4.92. The van der Waals surface area contributed by atoms with Crippen LogP contribution in [0.3, 0.4) is 0 Å². The summed E-state index contributed by atoms with van der Waals surface area (Å²) in [7, 11) is 0. The average molecular weight is 611 g/mol. The number of aromatic nitrogens is 2. The predicted octanol–water partition coefficient (Wildman–Crippen LogP) is 3.68. The number of ether oxygens (including phenoxy) is 5. The molecule has 12 heteroatoms. The van der Waals surface area contributed by atoms with Gasteiger partial charge in [0.25, 0.3) is 5.56 Å². The van der Waals surface area contributed by atoms with Crippen LogP contribution in [0.15, 0.2) is 15.8 Å². The van der Waals surface area contributed by atoms with Crippen molar-refractivity contribution in [3.63, 3.8) is 0 Å². The van der Waals surface area contributed by atoms with Crippen molar-refractivity contribution in [2.75, 3.05) is 19.8 Å². The summed E-state index contributed by atoms with van der Waals surface area (Å²) in [6.07, 6.45) is 0.616. The van der Waals surface area contributed by atoms with Crippen molar-refractivity contribution in [3.05, 3.63) is 32.6 Å². The molecule has 2 heterocycles. The summed E-state index contributed by atoms with van der Waals surface area (Å²) < 4.78 is 31.7. The molecule has 0 aromatic carbocycles. The van der Waals surface area contributed by atoms with E-state index in [-0.39, 0.29) is 18.8 Å². The Morgan fingerprint density at radius 3 is 2.07 bits per heavy atom. The minimum Gasteiger partial charge on any atom is -0.454 e. The van der Waals surface area contributed by atoms with Crippen LogP contribution in [-0.4, -0.2) is 64.5 Å². The Hall–Kier alpha value is -2.83. The van der Waals surface area contributed by atoms with E-state index in [1.54, 1.807) is 41.5 Å². The van der Waals surface area contributed by atoms with Crippen LogP contribution in [0.1, 0.15) is 99.8 Å². The number of ketones is 1. The zero-order valence-corrected chi connectivity index (χ0v) is 27.4. The molecule has 0 spiro atoms. The molecule has 0 bridgehead atoms. The minimum absolute atomic E-state index is 0.138. The molecular weight excluding hydrogens is 560 g/mol. The Morgan fingerprint density at radius 2 is 1.53 bits per heavy atom. The van der Waals surface area contributed by atoms with Gasteiger partial charge in [0.2, 0.25) is 0 Å². The van der Waals surface area contributed by atoms with E-state index in [1.165, 1.54) is 20.0 Å². The lowest BCUT2D eigenvalue weighted by molar-refractivity contribution is -0.173. The fraction of sp³-hybridized carbons (Fsp3) is 0.774. The maximum absolute atomic E-state index is 13.8. The second-order valence-corrected chi connectivity index (χ2v) is 13.2. The van der Waals surface area contributed by atoms with E-state index in [4.69, 9.17) is 23.7 Å². The van der Waals surface area contributed by atoms with Gasteiger partial charge in [0.1, 0.15) is 6.10 Å². The van der Waals surface area contributed by atoms with Crippen LogP contribution in [0.2, 0.25) is 0 Å². The first-order valence-electron chi connectivity index (χ1n) is 15.0. The SMILES string of the molecule is CCCCOC[C@@]1(C(C)=O)O[C@@H](n2cc(C)c(=O)n(COC(=O)C(C)(C)C)c2=O)[C@@H](OC(=O)C(C)(C)C)C1OCCCC. The van der Waals surface area contributed by atoms with Crippen LogP contribution in [0, 0.1) is 17.8 Å². The highest BCUT2D eigenvalue weighted by atomic mass is 16.7. The van der Waals surface area contributed by atoms with Crippen molar-refractivity contribution in [1.82, 2.24) is 9.13 Å². The molecule has 0 radical (unpaired) electrons. The van der Waals surface area contributed by atoms with E-state index >= 15 is 0 Å². The Balaban J connectivity index is 2.74. The van der Waals surface area contributed by atoms with Gasteiger partial charge >= 0.3 is 17.6 Å². The molecule has 43 heavy (non-hydrogen) atoms. The van der Waals surface area contributed by atoms with Crippen LogP contribution in [0.4, 0.5) is 0 Å². The molecule has 0 aliphatic carbocycles. The molecule has 1 saturated heterocycles. The van der Waals surface area contributed by atoms with E-state index in [9.17, 15) is 24.0 Å². The van der Waals surface area contributed by atoms with E-state index in [2.05, 4.69) is 0 Å². The number of nitrogens with zero attached hydrogens (tertiary/aromatic N) is 2. The van der Waals surface area contributed by atoms with Gasteiger partial charge in [-0.2, -0.15) is 0 Å². The summed E-state index contributed by atoms with van der Waals surface area (Å²) in [6, 6.07) is 0. The first kappa shape index (κ1) is 36.4. The lowest BCUT2D eigenvalue weighted by Crippen LogP contribution is -2.54. The second-order valence-electron chi connectivity index (χ2n) is 13.2. The normalized spacial score (nSPS) is 22.4. The lowest BCUT2D eigenvalue weighted by Gasteiger charge is -2.33. The Morgan fingerprint density at radius 1 is 0.953 bits per heavy atom. The van der Waals surface area contributed by atoms with Crippen molar-refractivity contribution in [2.24, 2.45) is 10.8 Å². The second kappa shape index (κ2) is 14.8. The number of aryl methyl sites for hydroxylation is 1. The fourth-order valence-corrected chi connectivity index (χ4v) is 4.35. The van der Waals surface area contributed by atoms with Crippen molar-refractivity contribution >= 4 is 17.7 Å². The standard InChI is InChI=1S/C31H50N2O10/c1-11-13-15-39-18-31(21(4)34)23(40-16-14-12-2)22(42-27(37)30(8,9)10)25(43-31)32-17-20(3)24(35)33(28(32)38)19-41-26(36)29(5,6)7/h17,22-23,25H,11-16,18-19H2,1-10H3/t22-,23?,25+,31-/m0/s1. The Bertz CT molecular complexity index is 1250. The zero-order chi connectivity index (χ0) is 32.8. The van der Waals surface area contributed by atoms with Crippen LogP contribution >= 0.6 is 0 Å². The first-order chi connectivity index (χ1) is 19.9.